The molecule has 0 saturated carbocycles. The van der Waals surface area contributed by atoms with Crippen LogP contribution in [0.25, 0.3) is 0 Å². The van der Waals surface area contributed by atoms with Gasteiger partial charge >= 0.3 is 0 Å². The van der Waals surface area contributed by atoms with Gasteiger partial charge in [0.1, 0.15) is 12.7 Å². The molecule has 22 heavy (non-hydrogen) atoms. The van der Waals surface area contributed by atoms with Crippen LogP contribution in [-0.4, -0.2) is 14.8 Å². The number of aromatic nitrogens is 3. The second-order valence-corrected chi connectivity index (χ2v) is 5.61. The molecule has 0 atom stereocenters. The third-order valence-electron chi connectivity index (χ3n) is 3.41. The lowest BCUT2D eigenvalue weighted by Crippen LogP contribution is -2.20. The van der Waals surface area contributed by atoms with Crippen LogP contribution in [0.1, 0.15) is 52.5 Å². The minimum atomic E-state index is -3.12. The molecule has 0 N–H and O–H groups in total. The number of nitriles is 2. The van der Waals surface area contributed by atoms with E-state index in [0.717, 1.165) is 0 Å². The quantitative estimate of drug-likeness (QED) is 0.869. The molecule has 0 saturated heterocycles. The van der Waals surface area contributed by atoms with E-state index in [-0.39, 0.29) is 12.1 Å². The van der Waals surface area contributed by atoms with E-state index in [2.05, 4.69) is 16.2 Å². The van der Waals surface area contributed by atoms with E-state index in [9.17, 15) is 10.5 Å². The highest BCUT2D eigenvalue weighted by atomic mass is 15.3. The first-order chi connectivity index (χ1) is 12.8. The van der Waals surface area contributed by atoms with E-state index in [1.807, 2.05) is 0 Å². The van der Waals surface area contributed by atoms with Gasteiger partial charge in [-0.1, -0.05) is 18.2 Å². The van der Waals surface area contributed by atoms with E-state index < -0.39 is 24.5 Å². The molecule has 1 aromatic carbocycles. The van der Waals surface area contributed by atoms with Gasteiger partial charge in [-0.2, -0.15) is 15.6 Å². The zero-order valence-corrected chi connectivity index (χ0v) is 12.3. The van der Waals surface area contributed by atoms with Crippen molar-refractivity contribution in [1.29, 1.82) is 10.5 Å². The molecule has 1 heterocycles. The predicted molar refractivity (Wildman–Crippen MR) is 82.8 cm³/mol. The zero-order valence-electron chi connectivity index (χ0n) is 18.3. The lowest BCUT2D eigenvalue weighted by molar-refractivity contribution is 0.646. The van der Waals surface area contributed by atoms with Crippen LogP contribution in [0.3, 0.4) is 0 Å². The smallest absolute Gasteiger partial charge is 0.137 e. The van der Waals surface area contributed by atoms with Crippen molar-refractivity contribution in [2.75, 3.05) is 0 Å². The van der Waals surface area contributed by atoms with Crippen molar-refractivity contribution in [2.45, 2.75) is 44.9 Å². The van der Waals surface area contributed by atoms with E-state index in [0.29, 0.717) is 11.1 Å². The molecule has 0 aliphatic carbocycles. The number of hydrogen-bond acceptors (Lipinski definition) is 4. The third kappa shape index (κ3) is 3.15. The Morgan fingerprint density at radius 3 is 2.27 bits per heavy atom. The van der Waals surface area contributed by atoms with Gasteiger partial charge < -0.3 is 0 Å². The van der Waals surface area contributed by atoms with Crippen LogP contribution >= 0.6 is 0 Å². The Kier molecular flexibility index (Phi) is 2.39. The van der Waals surface area contributed by atoms with E-state index in [4.69, 9.17) is 8.22 Å². The molecule has 5 nitrogen and oxygen atoms in total. The highest BCUT2D eigenvalue weighted by molar-refractivity contribution is 5.42. The van der Waals surface area contributed by atoms with Crippen LogP contribution in [0.15, 0.2) is 30.9 Å². The van der Waals surface area contributed by atoms with Gasteiger partial charge in [0.25, 0.3) is 0 Å². The normalized spacial score (nSPS) is 16.9. The first-order valence-electron chi connectivity index (χ1n) is 9.58. The van der Waals surface area contributed by atoms with Crippen LogP contribution < -0.4 is 0 Å². The summed E-state index contributed by atoms with van der Waals surface area (Å²) in [5, 5.41) is 23.2. The maximum atomic E-state index is 9.74. The number of nitrogens with zero attached hydrogens (tertiary/aromatic N) is 5. The molecule has 2 aromatic rings. The lowest BCUT2D eigenvalue weighted by atomic mass is 9.79. The average molecular weight is 299 g/mol. The zero-order chi connectivity index (χ0) is 21.4. The Bertz CT molecular complexity index is 915. The van der Waals surface area contributed by atoms with Crippen molar-refractivity contribution < 1.29 is 8.22 Å². The van der Waals surface area contributed by atoms with E-state index >= 15 is 0 Å². The number of hydrogen-bond donors (Lipinski definition) is 0. The average Bonchev–Trinajstić information content (AvgIpc) is 3.06. The first-order valence-corrected chi connectivity index (χ1v) is 6.58. The summed E-state index contributed by atoms with van der Waals surface area (Å²) in [6.07, 6.45) is 2.78. The van der Waals surface area contributed by atoms with Crippen LogP contribution in [0, 0.1) is 22.7 Å². The summed E-state index contributed by atoms with van der Waals surface area (Å²) in [7, 11) is 0. The highest BCUT2D eigenvalue weighted by Crippen LogP contribution is 2.30. The molecular formula is C17H19N5. The van der Waals surface area contributed by atoms with Crippen molar-refractivity contribution in [3.63, 3.8) is 0 Å². The maximum Gasteiger partial charge on any atom is 0.137 e. The van der Waals surface area contributed by atoms with Crippen molar-refractivity contribution >= 4 is 0 Å². The minimum absolute atomic E-state index is 0.172. The fourth-order valence-electron chi connectivity index (χ4n) is 1.99. The first kappa shape index (κ1) is 9.38. The Hall–Kier alpha value is -2.66. The summed E-state index contributed by atoms with van der Waals surface area (Å²) >= 11 is 0. The molecule has 0 unspecified atom stereocenters. The fourth-order valence-corrected chi connectivity index (χ4v) is 1.99. The van der Waals surface area contributed by atoms with Crippen molar-refractivity contribution in [1.82, 2.24) is 14.8 Å². The maximum absolute atomic E-state index is 9.74. The van der Waals surface area contributed by atoms with Gasteiger partial charge in [0.05, 0.1) is 29.5 Å². The summed E-state index contributed by atoms with van der Waals surface area (Å²) in [6.45, 7) is -2.81. The Morgan fingerprint density at radius 2 is 1.77 bits per heavy atom. The molecule has 5 heteroatoms. The Balaban J connectivity index is 2.82. The second kappa shape index (κ2) is 5.61. The third-order valence-corrected chi connectivity index (χ3v) is 3.41. The molecule has 2 rings (SSSR count). The molecule has 1 aromatic heterocycles. The second-order valence-electron chi connectivity index (χ2n) is 5.61. The van der Waals surface area contributed by atoms with Gasteiger partial charge in [-0.15, -0.1) is 0 Å². The molecule has 0 aliphatic rings. The van der Waals surface area contributed by atoms with Gasteiger partial charge in [-0.3, -0.25) is 0 Å². The molecule has 0 amide bonds. The van der Waals surface area contributed by atoms with E-state index in [1.54, 1.807) is 26.0 Å². The van der Waals surface area contributed by atoms with Crippen LogP contribution in [0.5, 0.6) is 0 Å². The van der Waals surface area contributed by atoms with Crippen molar-refractivity contribution in [2.24, 2.45) is 0 Å². The molecule has 0 spiro atoms. The summed E-state index contributed by atoms with van der Waals surface area (Å²) in [4.78, 5) is 3.84. The van der Waals surface area contributed by atoms with Crippen LogP contribution in [0.4, 0.5) is 0 Å². The monoisotopic (exact) mass is 299 g/mol. The van der Waals surface area contributed by atoms with E-state index in [1.165, 1.54) is 29.5 Å². The number of benzene rings is 1. The summed E-state index contributed by atoms with van der Waals surface area (Å²) < 4.78 is 48.4. The molecular weight excluding hydrogens is 274 g/mol. The fraction of sp³-hybridized carbons (Fsp3) is 0.412. The van der Waals surface area contributed by atoms with Gasteiger partial charge in [0, 0.05) is 8.22 Å². The minimum Gasteiger partial charge on any atom is -0.249 e. The Morgan fingerprint density at radius 1 is 1.14 bits per heavy atom. The Labute approximate surface area is 139 Å². The van der Waals surface area contributed by atoms with Crippen LogP contribution in [0.2, 0.25) is 0 Å². The SMILES string of the molecule is [2H]C([2H])([2H])C(C#N)(c1cc(Cn2cncn2)cc(C(C)(C)C#N)c1)C([2H])([2H])[2H]. The lowest BCUT2D eigenvalue weighted by Gasteiger charge is -2.23. The van der Waals surface area contributed by atoms with Crippen molar-refractivity contribution in [3.05, 3.63) is 47.5 Å². The van der Waals surface area contributed by atoms with Gasteiger partial charge in [-0.25, -0.2) is 9.67 Å². The summed E-state index contributed by atoms with van der Waals surface area (Å²) in [6, 6.07) is 8.05. The topological polar surface area (TPSA) is 78.3 Å². The van der Waals surface area contributed by atoms with Gasteiger partial charge in [-0.05, 0) is 44.2 Å². The summed E-state index contributed by atoms with van der Waals surface area (Å²) in [5.74, 6) is 0. The number of rotatable bonds is 4. The molecule has 112 valence electrons. The standard InChI is InChI=1S/C17H19N5/c1-16(2,9-18)14-5-13(8-22-12-20-11-21-22)6-15(7-14)17(3,4)10-19/h5-7,11-12H,8H2,1-4H3/i1D3,2D3. The molecule has 0 radical (unpaired) electrons. The summed E-state index contributed by atoms with van der Waals surface area (Å²) in [5.41, 5.74) is -3.02. The van der Waals surface area contributed by atoms with Gasteiger partial charge in [0.2, 0.25) is 0 Å². The predicted octanol–water partition coefficient (Wildman–Crippen LogP) is 2.93. The molecule has 0 aliphatic heterocycles. The largest absolute Gasteiger partial charge is 0.249 e. The highest BCUT2D eigenvalue weighted by Gasteiger charge is 2.26. The van der Waals surface area contributed by atoms with Crippen molar-refractivity contribution in [3.8, 4) is 12.1 Å². The van der Waals surface area contributed by atoms with Gasteiger partial charge in [0.15, 0.2) is 0 Å². The van der Waals surface area contributed by atoms with Crippen LogP contribution in [-0.2, 0) is 17.4 Å². The molecule has 0 fully saturated rings. The molecule has 0 bridgehead atoms.